The standard InChI is InChI=1S/C25H32N4O4/c1-6-19-9-11-20(12-10-19)27-24(32)21-8-7-13-29(21)25(33)18(4)14-22(17(2)3)28(5)23(31)15-26-16-30/h1,9-12,14,16-17,21-22H,7-8,13,15H2,2-5H3,(H,26,30)(H,27,32)/t21-,22?/m0/s1. The minimum atomic E-state index is -0.568. The Labute approximate surface area is 195 Å². The van der Waals surface area contributed by atoms with E-state index in [2.05, 4.69) is 16.6 Å². The van der Waals surface area contributed by atoms with Gasteiger partial charge in [0.2, 0.25) is 24.1 Å². The monoisotopic (exact) mass is 452 g/mol. The van der Waals surface area contributed by atoms with Gasteiger partial charge in [-0.2, -0.15) is 0 Å². The molecule has 1 aliphatic rings. The molecule has 0 spiro atoms. The van der Waals surface area contributed by atoms with Crippen molar-refractivity contribution in [3.8, 4) is 12.3 Å². The minimum absolute atomic E-state index is 0.0431. The van der Waals surface area contributed by atoms with E-state index in [1.54, 1.807) is 49.2 Å². The highest BCUT2D eigenvalue weighted by atomic mass is 16.2. The van der Waals surface area contributed by atoms with Crippen molar-refractivity contribution in [1.29, 1.82) is 0 Å². The van der Waals surface area contributed by atoms with Crippen LogP contribution in [0.3, 0.4) is 0 Å². The molecule has 1 aliphatic heterocycles. The van der Waals surface area contributed by atoms with Gasteiger partial charge in [0.05, 0.1) is 12.6 Å². The van der Waals surface area contributed by atoms with Gasteiger partial charge in [0.25, 0.3) is 0 Å². The maximum atomic E-state index is 13.2. The van der Waals surface area contributed by atoms with Crippen molar-refractivity contribution in [3.63, 3.8) is 0 Å². The molecule has 8 heteroatoms. The molecule has 2 N–H and O–H groups in total. The number of nitrogens with one attached hydrogen (secondary N) is 2. The van der Waals surface area contributed by atoms with Gasteiger partial charge in [-0.25, -0.2) is 0 Å². The maximum absolute atomic E-state index is 13.2. The van der Waals surface area contributed by atoms with Gasteiger partial charge in [-0.3, -0.25) is 19.2 Å². The van der Waals surface area contributed by atoms with Gasteiger partial charge in [-0.1, -0.05) is 25.8 Å². The average molecular weight is 453 g/mol. The van der Waals surface area contributed by atoms with Crippen LogP contribution < -0.4 is 10.6 Å². The van der Waals surface area contributed by atoms with Crippen LogP contribution in [0.2, 0.25) is 0 Å². The molecule has 2 atom stereocenters. The van der Waals surface area contributed by atoms with Gasteiger partial charge in [-0.05, 0) is 49.9 Å². The van der Waals surface area contributed by atoms with Crippen molar-refractivity contribution in [1.82, 2.24) is 15.1 Å². The number of anilines is 1. The highest BCUT2D eigenvalue weighted by Gasteiger charge is 2.35. The first-order chi connectivity index (χ1) is 15.7. The lowest BCUT2D eigenvalue weighted by Crippen LogP contribution is -2.45. The van der Waals surface area contributed by atoms with Crippen LogP contribution in [0.4, 0.5) is 5.69 Å². The molecule has 1 unspecified atom stereocenters. The first kappa shape index (κ1) is 25.7. The number of carbonyl (C=O) groups excluding carboxylic acids is 4. The van der Waals surface area contributed by atoms with Gasteiger partial charge in [-0.15, -0.1) is 6.42 Å². The number of terminal acetylenes is 1. The molecule has 4 amide bonds. The Morgan fingerprint density at radius 3 is 2.52 bits per heavy atom. The van der Waals surface area contributed by atoms with Crippen LogP contribution in [0, 0.1) is 18.3 Å². The lowest BCUT2D eigenvalue weighted by atomic mass is 9.99. The number of carbonyl (C=O) groups is 4. The fourth-order valence-electron chi connectivity index (χ4n) is 3.88. The summed E-state index contributed by atoms with van der Waals surface area (Å²) >= 11 is 0. The summed E-state index contributed by atoms with van der Waals surface area (Å²) in [5, 5.41) is 5.23. The molecule has 0 aromatic heterocycles. The molecule has 0 bridgehead atoms. The zero-order valence-electron chi connectivity index (χ0n) is 19.6. The van der Waals surface area contributed by atoms with E-state index in [4.69, 9.17) is 6.42 Å². The summed E-state index contributed by atoms with van der Waals surface area (Å²) in [5.41, 5.74) is 1.81. The predicted octanol–water partition coefficient (Wildman–Crippen LogP) is 1.77. The third-order valence-corrected chi connectivity index (χ3v) is 5.75. The Hall–Kier alpha value is -3.60. The highest BCUT2D eigenvalue weighted by molar-refractivity contribution is 6.01. The topological polar surface area (TPSA) is 98.8 Å². The van der Waals surface area contributed by atoms with Gasteiger partial charge in [0, 0.05) is 30.4 Å². The van der Waals surface area contributed by atoms with Crippen molar-refractivity contribution in [2.75, 3.05) is 25.5 Å². The van der Waals surface area contributed by atoms with E-state index in [0.717, 1.165) is 12.0 Å². The Kier molecular flexibility index (Phi) is 9.22. The van der Waals surface area contributed by atoms with E-state index >= 15 is 0 Å². The van der Waals surface area contributed by atoms with Crippen LogP contribution in [0.25, 0.3) is 0 Å². The van der Waals surface area contributed by atoms with E-state index in [-0.39, 0.29) is 36.2 Å². The van der Waals surface area contributed by atoms with Crippen LogP contribution in [0.15, 0.2) is 35.9 Å². The third-order valence-electron chi connectivity index (χ3n) is 5.75. The van der Waals surface area contributed by atoms with Crippen LogP contribution in [-0.2, 0) is 19.2 Å². The highest BCUT2D eigenvalue weighted by Crippen LogP contribution is 2.23. The molecule has 1 aromatic rings. The van der Waals surface area contributed by atoms with E-state index < -0.39 is 6.04 Å². The second-order valence-electron chi connectivity index (χ2n) is 8.46. The lowest BCUT2D eigenvalue weighted by molar-refractivity contribution is -0.133. The van der Waals surface area contributed by atoms with Crippen molar-refractivity contribution in [2.24, 2.45) is 5.92 Å². The molecule has 0 aliphatic carbocycles. The van der Waals surface area contributed by atoms with Gasteiger partial charge < -0.3 is 20.4 Å². The molecule has 0 radical (unpaired) electrons. The molecule has 2 rings (SSSR count). The second kappa shape index (κ2) is 11.9. The summed E-state index contributed by atoms with van der Waals surface area (Å²) in [6.45, 7) is 5.98. The number of benzene rings is 1. The summed E-state index contributed by atoms with van der Waals surface area (Å²) in [7, 11) is 1.64. The first-order valence-corrected chi connectivity index (χ1v) is 11.0. The van der Waals surface area contributed by atoms with Crippen molar-refractivity contribution < 1.29 is 19.2 Å². The molecule has 1 saturated heterocycles. The Morgan fingerprint density at radius 1 is 1.27 bits per heavy atom. The van der Waals surface area contributed by atoms with Crippen molar-refractivity contribution >= 4 is 29.8 Å². The van der Waals surface area contributed by atoms with Crippen LogP contribution >= 0.6 is 0 Å². The number of nitrogens with zero attached hydrogens (tertiary/aromatic N) is 2. The molecule has 33 heavy (non-hydrogen) atoms. The molecule has 1 heterocycles. The number of hydrogen-bond acceptors (Lipinski definition) is 4. The minimum Gasteiger partial charge on any atom is -0.350 e. The Morgan fingerprint density at radius 2 is 1.94 bits per heavy atom. The van der Waals surface area contributed by atoms with E-state index in [9.17, 15) is 19.2 Å². The van der Waals surface area contributed by atoms with E-state index in [1.165, 1.54) is 4.90 Å². The molecular weight excluding hydrogens is 420 g/mol. The molecule has 1 aromatic carbocycles. The zero-order valence-corrected chi connectivity index (χ0v) is 19.6. The zero-order chi connectivity index (χ0) is 24.5. The Balaban J connectivity index is 2.13. The predicted molar refractivity (Wildman–Crippen MR) is 127 cm³/mol. The summed E-state index contributed by atoms with van der Waals surface area (Å²) in [6, 6.07) is 6.06. The third kappa shape index (κ3) is 6.69. The van der Waals surface area contributed by atoms with Crippen LogP contribution in [0.5, 0.6) is 0 Å². The molecule has 176 valence electrons. The quantitative estimate of drug-likeness (QED) is 0.339. The van der Waals surface area contributed by atoms with Crippen LogP contribution in [-0.4, -0.2) is 66.2 Å². The lowest BCUT2D eigenvalue weighted by Gasteiger charge is -2.30. The van der Waals surface area contributed by atoms with Gasteiger partial charge >= 0.3 is 0 Å². The largest absolute Gasteiger partial charge is 0.350 e. The number of hydrogen-bond donors (Lipinski definition) is 2. The number of likely N-dealkylation sites (tertiary alicyclic amines) is 1. The molecular formula is C25H32N4O4. The maximum Gasteiger partial charge on any atom is 0.249 e. The SMILES string of the molecule is C#Cc1ccc(NC(=O)[C@@H]2CCCN2C(=O)C(C)=CC(C(C)C)N(C)C(=O)CNC=O)cc1. The summed E-state index contributed by atoms with van der Waals surface area (Å²) in [4.78, 5) is 52.0. The smallest absolute Gasteiger partial charge is 0.249 e. The fourth-order valence-corrected chi connectivity index (χ4v) is 3.88. The van der Waals surface area contributed by atoms with E-state index in [1.807, 2.05) is 13.8 Å². The number of amides is 4. The average Bonchev–Trinajstić information content (AvgIpc) is 3.30. The first-order valence-electron chi connectivity index (χ1n) is 11.0. The Bertz CT molecular complexity index is 946. The van der Waals surface area contributed by atoms with Crippen molar-refractivity contribution in [2.45, 2.75) is 45.7 Å². The second-order valence-corrected chi connectivity index (χ2v) is 8.46. The van der Waals surface area contributed by atoms with Crippen LogP contribution in [0.1, 0.15) is 39.2 Å². The summed E-state index contributed by atoms with van der Waals surface area (Å²) in [5.74, 6) is 1.85. The normalized spacial score (nSPS) is 16.7. The molecule has 0 saturated carbocycles. The summed E-state index contributed by atoms with van der Waals surface area (Å²) < 4.78 is 0. The van der Waals surface area contributed by atoms with E-state index in [0.29, 0.717) is 30.6 Å². The van der Waals surface area contributed by atoms with Gasteiger partial charge in [0.15, 0.2) is 0 Å². The molecule has 8 nitrogen and oxygen atoms in total. The number of rotatable bonds is 9. The van der Waals surface area contributed by atoms with Gasteiger partial charge in [0.1, 0.15) is 6.04 Å². The van der Waals surface area contributed by atoms with Crippen molar-refractivity contribution in [3.05, 3.63) is 41.5 Å². The summed E-state index contributed by atoms with van der Waals surface area (Å²) in [6.07, 6.45) is 8.91. The number of likely N-dealkylation sites (N-methyl/N-ethyl adjacent to an activating group) is 1. The molecule has 1 fully saturated rings. The fraction of sp³-hybridized carbons (Fsp3) is 0.440.